The number of nitrogens with one attached hydrogen (secondary N) is 1. The predicted octanol–water partition coefficient (Wildman–Crippen LogP) is 1.83. The minimum Gasteiger partial charge on any atom is -0.351 e. The lowest BCUT2D eigenvalue weighted by Gasteiger charge is -2.55. The van der Waals surface area contributed by atoms with Crippen LogP contribution < -0.4 is 11.1 Å². The van der Waals surface area contributed by atoms with Gasteiger partial charge in [-0.15, -0.1) is 0 Å². The molecule has 0 spiro atoms. The highest BCUT2D eigenvalue weighted by molar-refractivity contribution is 5.87. The molecule has 3 nitrogen and oxygen atoms in total. The van der Waals surface area contributed by atoms with Gasteiger partial charge in [0.1, 0.15) is 0 Å². The molecule has 0 aromatic rings. The van der Waals surface area contributed by atoms with Crippen LogP contribution >= 0.6 is 0 Å². The van der Waals surface area contributed by atoms with Gasteiger partial charge >= 0.3 is 0 Å². The summed E-state index contributed by atoms with van der Waals surface area (Å²) in [7, 11) is 0. The molecular formula is C15H24N2O. The zero-order valence-corrected chi connectivity index (χ0v) is 11.0. The van der Waals surface area contributed by atoms with Crippen LogP contribution in [0.4, 0.5) is 0 Å². The maximum absolute atomic E-state index is 11.6. The Bertz CT molecular complexity index is 326. The van der Waals surface area contributed by atoms with Crippen LogP contribution in [0.2, 0.25) is 0 Å². The van der Waals surface area contributed by atoms with Crippen molar-refractivity contribution in [1.82, 2.24) is 5.32 Å². The standard InChI is InChI=1S/C15H24N2O/c16-3-4-17-14(18)1-2-15-8-11-5-12(9-15)7-13(6-11)10-15/h1-2,11-13H,3-10,16H2,(H,17,18)/b2-1+. The highest BCUT2D eigenvalue weighted by atomic mass is 16.1. The van der Waals surface area contributed by atoms with Gasteiger partial charge in [0, 0.05) is 13.1 Å². The molecule has 4 aliphatic rings. The maximum Gasteiger partial charge on any atom is 0.243 e. The Morgan fingerprint density at radius 2 is 1.72 bits per heavy atom. The molecule has 0 unspecified atom stereocenters. The van der Waals surface area contributed by atoms with Crippen LogP contribution in [0.15, 0.2) is 12.2 Å². The van der Waals surface area contributed by atoms with Crippen molar-refractivity contribution in [2.75, 3.05) is 13.1 Å². The molecule has 0 atom stereocenters. The molecule has 100 valence electrons. The van der Waals surface area contributed by atoms with Crippen LogP contribution in [0.25, 0.3) is 0 Å². The number of rotatable bonds is 4. The third-order valence-corrected chi connectivity index (χ3v) is 5.12. The van der Waals surface area contributed by atoms with E-state index in [0.29, 0.717) is 18.5 Å². The predicted molar refractivity (Wildman–Crippen MR) is 71.8 cm³/mol. The molecule has 4 fully saturated rings. The van der Waals surface area contributed by atoms with Gasteiger partial charge in [0.25, 0.3) is 0 Å². The minimum absolute atomic E-state index is 0.0243. The van der Waals surface area contributed by atoms with E-state index in [1.807, 2.05) is 0 Å². The fourth-order valence-electron chi connectivity index (χ4n) is 4.89. The van der Waals surface area contributed by atoms with Crippen LogP contribution in [-0.4, -0.2) is 19.0 Å². The molecule has 0 aliphatic heterocycles. The topological polar surface area (TPSA) is 55.1 Å². The number of allylic oxidation sites excluding steroid dienone is 1. The quantitative estimate of drug-likeness (QED) is 0.746. The van der Waals surface area contributed by atoms with Gasteiger partial charge in [-0.05, 0) is 67.8 Å². The number of carbonyl (C=O) groups excluding carboxylic acids is 1. The summed E-state index contributed by atoms with van der Waals surface area (Å²) in [5.74, 6) is 2.84. The Balaban J connectivity index is 1.65. The third-order valence-electron chi connectivity index (χ3n) is 5.12. The second-order valence-corrected chi connectivity index (χ2v) is 6.69. The largest absolute Gasteiger partial charge is 0.351 e. The van der Waals surface area contributed by atoms with E-state index in [1.165, 1.54) is 38.5 Å². The van der Waals surface area contributed by atoms with E-state index in [9.17, 15) is 4.79 Å². The summed E-state index contributed by atoms with van der Waals surface area (Å²) in [5.41, 5.74) is 5.74. The van der Waals surface area contributed by atoms with Crippen molar-refractivity contribution in [3.8, 4) is 0 Å². The first-order chi connectivity index (χ1) is 8.69. The minimum atomic E-state index is 0.0243. The summed E-state index contributed by atoms with van der Waals surface area (Å²) in [5, 5.41) is 2.81. The Labute approximate surface area is 109 Å². The van der Waals surface area contributed by atoms with Crippen molar-refractivity contribution < 1.29 is 4.79 Å². The second-order valence-electron chi connectivity index (χ2n) is 6.69. The van der Waals surface area contributed by atoms with Crippen molar-refractivity contribution >= 4 is 5.91 Å². The number of carbonyl (C=O) groups is 1. The molecule has 4 rings (SSSR count). The van der Waals surface area contributed by atoms with Crippen LogP contribution in [-0.2, 0) is 4.79 Å². The summed E-state index contributed by atoms with van der Waals surface area (Å²) in [6, 6.07) is 0. The molecule has 4 aliphatic carbocycles. The Hall–Kier alpha value is -0.830. The summed E-state index contributed by atoms with van der Waals surface area (Å²) in [4.78, 5) is 11.6. The first-order valence-corrected chi connectivity index (χ1v) is 7.36. The first kappa shape index (κ1) is 12.2. The molecule has 0 aromatic carbocycles. The van der Waals surface area contributed by atoms with E-state index in [-0.39, 0.29) is 5.91 Å². The number of amides is 1. The van der Waals surface area contributed by atoms with E-state index in [4.69, 9.17) is 5.73 Å². The first-order valence-electron chi connectivity index (χ1n) is 7.36. The molecule has 4 bridgehead atoms. The zero-order chi connectivity index (χ0) is 12.6. The van der Waals surface area contributed by atoms with Gasteiger partial charge in [-0.25, -0.2) is 0 Å². The summed E-state index contributed by atoms with van der Waals surface area (Å²) in [6.45, 7) is 1.08. The zero-order valence-electron chi connectivity index (χ0n) is 11.0. The SMILES string of the molecule is NCCNC(=O)/C=C/C12CC3CC(CC(C3)C1)C2. The lowest BCUT2D eigenvalue weighted by molar-refractivity contribution is -0.116. The van der Waals surface area contributed by atoms with Crippen molar-refractivity contribution in [3.05, 3.63) is 12.2 Å². The molecule has 3 N–H and O–H groups in total. The molecule has 0 saturated heterocycles. The van der Waals surface area contributed by atoms with Gasteiger partial charge in [-0.3, -0.25) is 4.79 Å². The summed E-state index contributed by atoms with van der Waals surface area (Å²) < 4.78 is 0. The highest BCUT2D eigenvalue weighted by Crippen LogP contribution is 2.60. The van der Waals surface area contributed by atoms with Gasteiger partial charge < -0.3 is 11.1 Å². The van der Waals surface area contributed by atoms with Gasteiger partial charge in [0.05, 0.1) is 0 Å². The van der Waals surface area contributed by atoms with Gasteiger partial charge in [0.2, 0.25) is 5.91 Å². The van der Waals surface area contributed by atoms with Crippen LogP contribution in [0, 0.1) is 23.2 Å². The third kappa shape index (κ3) is 2.33. The van der Waals surface area contributed by atoms with E-state index < -0.39 is 0 Å². The fraction of sp³-hybridized carbons (Fsp3) is 0.800. The van der Waals surface area contributed by atoms with Crippen LogP contribution in [0.3, 0.4) is 0 Å². The Kier molecular flexibility index (Phi) is 3.18. The highest BCUT2D eigenvalue weighted by Gasteiger charge is 2.49. The average Bonchev–Trinajstić information content (AvgIpc) is 2.32. The average molecular weight is 248 g/mol. The second kappa shape index (κ2) is 4.69. The molecule has 0 aromatic heterocycles. The van der Waals surface area contributed by atoms with E-state index in [0.717, 1.165) is 17.8 Å². The normalized spacial score (nSPS) is 41.5. The van der Waals surface area contributed by atoms with E-state index in [2.05, 4.69) is 11.4 Å². The molecular weight excluding hydrogens is 224 g/mol. The van der Waals surface area contributed by atoms with Crippen molar-refractivity contribution in [2.24, 2.45) is 28.9 Å². The van der Waals surface area contributed by atoms with E-state index >= 15 is 0 Å². The monoisotopic (exact) mass is 248 g/mol. The van der Waals surface area contributed by atoms with Gasteiger partial charge in [-0.2, -0.15) is 0 Å². The molecule has 0 radical (unpaired) electrons. The molecule has 0 heterocycles. The summed E-state index contributed by atoms with van der Waals surface area (Å²) in [6.07, 6.45) is 12.3. The van der Waals surface area contributed by atoms with Crippen LogP contribution in [0.5, 0.6) is 0 Å². The molecule has 4 saturated carbocycles. The Morgan fingerprint density at radius 1 is 1.17 bits per heavy atom. The lowest BCUT2D eigenvalue weighted by atomic mass is 9.49. The maximum atomic E-state index is 11.6. The van der Waals surface area contributed by atoms with Gasteiger partial charge in [0.15, 0.2) is 0 Å². The molecule has 3 heteroatoms. The van der Waals surface area contributed by atoms with E-state index in [1.54, 1.807) is 6.08 Å². The van der Waals surface area contributed by atoms with Crippen LogP contribution in [0.1, 0.15) is 38.5 Å². The van der Waals surface area contributed by atoms with Crippen molar-refractivity contribution in [3.63, 3.8) is 0 Å². The number of hydrogen-bond donors (Lipinski definition) is 2. The molecule has 18 heavy (non-hydrogen) atoms. The number of hydrogen-bond acceptors (Lipinski definition) is 2. The van der Waals surface area contributed by atoms with Crippen molar-refractivity contribution in [2.45, 2.75) is 38.5 Å². The van der Waals surface area contributed by atoms with Gasteiger partial charge in [-0.1, -0.05) is 6.08 Å². The number of nitrogens with two attached hydrogens (primary N) is 1. The fourth-order valence-corrected chi connectivity index (χ4v) is 4.89. The smallest absolute Gasteiger partial charge is 0.243 e. The molecule has 1 amide bonds. The summed E-state index contributed by atoms with van der Waals surface area (Å²) >= 11 is 0. The van der Waals surface area contributed by atoms with Crippen molar-refractivity contribution in [1.29, 1.82) is 0 Å². The Morgan fingerprint density at radius 3 is 2.22 bits per heavy atom. The lowest BCUT2D eigenvalue weighted by Crippen LogP contribution is -2.45.